The van der Waals surface area contributed by atoms with Gasteiger partial charge in [-0.1, -0.05) is 18.2 Å². The van der Waals surface area contributed by atoms with Crippen LogP contribution in [-0.4, -0.2) is 6.29 Å². The molecule has 0 spiro atoms. The summed E-state index contributed by atoms with van der Waals surface area (Å²) in [4.78, 5) is 11.0. The first-order valence-corrected chi connectivity index (χ1v) is 5.46. The molecule has 0 fully saturated rings. The summed E-state index contributed by atoms with van der Waals surface area (Å²) in [7, 11) is 0. The Morgan fingerprint density at radius 3 is 2.57 bits per heavy atom. The molecule has 0 N–H and O–H groups in total. The van der Waals surface area contributed by atoms with Crippen LogP contribution >= 0.6 is 0 Å². The Balaban J connectivity index is 2.14. The highest BCUT2D eigenvalue weighted by Crippen LogP contribution is 2.44. The van der Waals surface area contributed by atoms with E-state index in [9.17, 15) is 4.79 Å². The first-order chi connectivity index (χ1) is 6.90. The number of carbonyl (C=O) groups excluding carboxylic acids is 1. The van der Waals surface area contributed by atoms with Crippen molar-refractivity contribution in [2.45, 2.75) is 31.6 Å². The van der Waals surface area contributed by atoms with E-state index in [1.807, 2.05) is 0 Å². The lowest BCUT2D eigenvalue weighted by Crippen LogP contribution is -2.19. The number of rotatable bonds is 1. The molecule has 0 aliphatic heterocycles. The summed E-state index contributed by atoms with van der Waals surface area (Å²) in [5.74, 6) is 0.846. The van der Waals surface area contributed by atoms with Crippen LogP contribution in [0.15, 0.2) is 18.2 Å². The maximum absolute atomic E-state index is 11.0. The second-order valence-electron chi connectivity index (χ2n) is 4.47. The van der Waals surface area contributed by atoms with E-state index in [1.54, 1.807) is 0 Å². The van der Waals surface area contributed by atoms with E-state index in [-0.39, 0.29) is 0 Å². The third kappa shape index (κ3) is 0.985. The highest BCUT2D eigenvalue weighted by Gasteiger charge is 2.34. The van der Waals surface area contributed by atoms with Gasteiger partial charge in [-0.3, -0.25) is 0 Å². The van der Waals surface area contributed by atoms with Crippen LogP contribution in [0.25, 0.3) is 0 Å². The largest absolute Gasteiger partial charge is 0.303 e. The van der Waals surface area contributed by atoms with E-state index < -0.39 is 0 Å². The standard InChI is InChI=1S/C13H14O/c14-8-11-5-4-9-2-1-3-10-6-7-12(11)13(9)10/h1-3,8,11-12H,4-7H2. The number of carbonyl (C=O) groups is 1. The van der Waals surface area contributed by atoms with Crippen molar-refractivity contribution in [3.05, 3.63) is 34.9 Å². The zero-order chi connectivity index (χ0) is 9.54. The molecule has 1 aromatic carbocycles. The van der Waals surface area contributed by atoms with E-state index >= 15 is 0 Å². The van der Waals surface area contributed by atoms with Gasteiger partial charge < -0.3 is 4.79 Å². The van der Waals surface area contributed by atoms with Crippen LogP contribution in [-0.2, 0) is 17.6 Å². The van der Waals surface area contributed by atoms with Crippen molar-refractivity contribution in [2.75, 3.05) is 0 Å². The quantitative estimate of drug-likeness (QED) is 0.616. The van der Waals surface area contributed by atoms with Gasteiger partial charge in [-0.25, -0.2) is 0 Å². The molecule has 0 amide bonds. The molecule has 2 aliphatic rings. The molecular formula is C13H14O. The third-order valence-corrected chi connectivity index (χ3v) is 3.82. The number of hydrogen-bond donors (Lipinski definition) is 0. The molecule has 0 heterocycles. The molecule has 0 radical (unpaired) electrons. The minimum absolute atomic E-state index is 0.297. The van der Waals surface area contributed by atoms with Crippen LogP contribution in [0.3, 0.4) is 0 Å². The molecule has 2 atom stereocenters. The Morgan fingerprint density at radius 2 is 1.86 bits per heavy atom. The number of hydrogen-bond acceptors (Lipinski definition) is 1. The molecule has 2 aliphatic carbocycles. The first kappa shape index (κ1) is 8.22. The zero-order valence-electron chi connectivity index (χ0n) is 8.20. The monoisotopic (exact) mass is 186 g/mol. The Labute approximate surface area is 84.1 Å². The van der Waals surface area contributed by atoms with Gasteiger partial charge in [-0.05, 0) is 48.3 Å². The van der Waals surface area contributed by atoms with E-state index in [0.717, 1.165) is 12.8 Å². The second-order valence-corrected chi connectivity index (χ2v) is 4.47. The number of aldehydes is 1. The Morgan fingerprint density at radius 1 is 1.14 bits per heavy atom. The smallest absolute Gasteiger partial charge is 0.123 e. The van der Waals surface area contributed by atoms with Crippen molar-refractivity contribution in [1.82, 2.24) is 0 Å². The summed E-state index contributed by atoms with van der Waals surface area (Å²) in [6.45, 7) is 0. The van der Waals surface area contributed by atoms with Gasteiger partial charge in [-0.2, -0.15) is 0 Å². The van der Waals surface area contributed by atoms with Gasteiger partial charge >= 0.3 is 0 Å². The number of benzene rings is 1. The van der Waals surface area contributed by atoms with Gasteiger partial charge in [0.15, 0.2) is 0 Å². The fourth-order valence-corrected chi connectivity index (χ4v) is 3.15. The van der Waals surface area contributed by atoms with Crippen LogP contribution in [0.2, 0.25) is 0 Å². The lowest BCUT2D eigenvalue weighted by atomic mass is 9.77. The van der Waals surface area contributed by atoms with Gasteiger partial charge in [0, 0.05) is 5.92 Å². The minimum Gasteiger partial charge on any atom is -0.303 e. The highest BCUT2D eigenvalue weighted by atomic mass is 16.1. The molecule has 0 bridgehead atoms. The minimum atomic E-state index is 0.297. The van der Waals surface area contributed by atoms with Crippen LogP contribution < -0.4 is 0 Å². The van der Waals surface area contributed by atoms with Gasteiger partial charge in [0.05, 0.1) is 0 Å². The predicted octanol–water partition coefficient (Wildman–Crippen LogP) is 2.48. The molecule has 72 valence electrons. The maximum atomic E-state index is 11.0. The normalized spacial score (nSPS) is 28.6. The molecule has 0 saturated heterocycles. The second kappa shape index (κ2) is 2.94. The molecule has 1 heteroatoms. The van der Waals surface area contributed by atoms with Gasteiger partial charge in [0.2, 0.25) is 0 Å². The van der Waals surface area contributed by atoms with Gasteiger partial charge in [0.1, 0.15) is 6.29 Å². The van der Waals surface area contributed by atoms with Crippen LogP contribution in [0, 0.1) is 5.92 Å². The van der Waals surface area contributed by atoms with Gasteiger partial charge in [-0.15, -0.1) is 0 Å². The van der Waals surface area contributed by atoms with E-state index in [0.29, 0.717) is 11.8 Å². The van der Waals surface area contributed by atoms with Crippen molar-refractivity contribution in [3.63, 3.8) is 0 Å². The zero-order valence-corrected chi connectivity index (χ0v) is 8.20. The highest BCUT2D eigenvalue weighted by molar-refractivity contribution is 5.59. The van der Waals surface area contributed by atoms with Crippen LogP contribution in [0.1, 0.15) is 35.4 Å². The Kier molecular flexibility index (Phi) is 1.73. The molecular weight excluding hydrogens is 172 g/mol. The van der Waals surface area contributed by atoms with E-state index in [1.165, 1.54) is 35.8 Å². The third-order valence-electron chi connectivity index (χ3n) is 3.82. The molecule has 2 unspecified atom stereocenters. The van der Waals surface area contributed by atoms with Crippen molar-refractivity contribution in [3.8, 4) is 0 Å². The number of aryl methyl sites for hydroxylation is 2. The molecule has 14 heavy (non-hydrogen) atoms. The van der Waals surface area contributed by atoms with E-state index in [2.05, 4.69) is 18.2 Å². The predicted molar refractivity (Wildman–Crippen MR) is 55.4 cm³/mol. The topological polar surface area (TPSA) is 17.1 Å². The molecule has 0 aromatic heterocycles. The maximum Gasteiger partial charge on any atom is 0.123 e. The van der Waals surface area contributed by atoms with Crippen molar-refractivity contribution in [2.24, 2.45) is 5.92 Å². The van der Waals surface area contributed by atoms with Crippen molar-refractivity contribution in [1.29, 1.82) is 0 Å². The first-order valence-electron chi connectivity index (χ1n) is 5.46. The summed E-state index contributed by atoms with van der Waals surface area (Å²) in [6.07, 6.45) is 5.71. The van der Waals surface area contributed by atoms with E-state index in [4.69, 9.17) is 0 Å². The summed E-state index contributed by atoms with van der Waals surface area (Å²) in [6, 6.07) is 6.63. The van der Waals surface area contributed by atoms with Crippen LogP contribution in [0.4, 0.5) is 0 Å². The Bertz CT molecular complexity index is 381. The average Bonchev–Trinajstić information content (AvgIpc) is 2.66. The average molecular weight is 186 g/mol. The molecule has 1 aromatic rings. The van der Waals surface area contributed by atoms with Gasteiger partial charge in [0.25, 0.3) is 0 Å². The lowest BCUT2D eigenvalue weighted by molar-refractivity contribution is -0.112. The van der Waals surface area contributed by atoms with Crippen LogP contribution in [0.5, 0.6) is 0 Å². The van der Waals surface area contributed by atoms with Crippen molar-refractivity contribution >= 4 is 6.29 Å². The summed E-state index contributed by atoms with van der Waals surface area (Å²) < 4.78 is 0. The Hall–Kier alpha value is -1.11. The summed E-state index contributed by atoms with van der Waals surface area (Å²) in [5.41, 5.74) is 4.53. The van der Waals surface area contributed by atoms with Crippen molar-refractivity contribution < 1.29 is 4.79 Å². The summed E-state index contributed by atoms with van der Waals surface area (Å²) in [5, 5.41) is 0. The SMILES string of the molecule is O=CC1CCc2cccc3c2C1CC3. The molecule has 1 nitrogen and oxygen atoms in total. The summed E-state index contributed by atoms with van der Waals surface area (Å²) >= 11 is 0. The molecule has 0 saturated carbocycles. The fourth-order valence-electron chi connectivity index (χ4n) is 3.15. The lowest BCUT2D eigenvalue weighted by Gasteiger charge is -2.27. The fraction of sp³-hybridized carbons (Fsp3) is 0.462. The molecule has 3 rings (SSSR count).